The molecule has 0 spiro atoms. The highest BCUT2D eigenvalue weighted by atomic mass is 28.4. The lowest BCUT2D eigenvalue weighted by Crippen LogP contribution is -2.44. The second-order valence-corrected chi connectivity index (χ2v) is 12.5. The summed E-state index contributed by atoms with van der Waals surface area (Å²) in [6.45, 7) is 20.0. The van der Waals surface area contributed by atoms with Crippen molar-refractivity contribution in [1.29, 1.82) is 0 Å². The molecule has 1 nitrogen and oxygen atoms in total. The van der Waals surface area contributed by atoms with Crippen LogP contribution >= 0.6 is 0 Å². The number of benzene rings is 1. The molecule has 1 aromatic rings. The second kappa shape index (κ2) is 7.50. The fourth-order valence-corrected chi connectivity index (χ4v) is 3.43. The summed E-state index contributed by atoms with van der Waals surface area (Å²) < 4.78 is 6.74. The summed E-state index contributed by atoms with van der Waals surface area (Å²) in [6, 6.07) is 4.52. The first kappa shape index (κ1) is 19.0. The maximum absolute atomic E-state index is 6.74. The van der Waals surface area contributed by atoms with Crippen molar-refractivity contribution in [2.24, 2.45) is 0 Å². The Balaban J connectivity index is 3.38. The summed E-state index contributed by atoms with van der Waals surface area (Å²) in [5, 5.41) is 0.219. The number of rotatable bonds is 7. The Kier molecular flexibility index (Phi) is 6.48. The third-order valence-corrected chi connectivity index (χ3v) is 9.03. The van der Waals surface area contributed by atoms with Crippen molar-refractivity contribution in [1.82, 2.24) is 0 Å². The van der Waals surface area contributed by atoms with Gasteiger partial charge in [-0.3, -0.25) is 0 Å². The van der Waals surface area contributed by atoms with Crippen LogP contribution in [-0.2, 0) is 12.8 Å². The quantitative estimate of drug-likeness (QED) is 0.513. The molecule has 0 atom stereocenters. The Hall–Kier alpha value is -1.02. The largest absolute Gasteiger partial charge is 0.543 e. The van der Waals surface area contributed by atoms with Crippen LogP contribution in [0.3, 0.4) is 0 Å². The predicted octanol–water partition coefficient (Wildman–Crippen LogP) is 6.62. The lowest BCUT2D eigenvalue weighted by Gasteiger charge is -2.38. The van der Waals surface area contributed by atoms with Gasteiger partial charge in [0.15, 0.2) is 0 Å². The summed E-state index contributed by atoms with van der Waals surface area (Å²) in [7, 11) is -1.82. The Bertz CT molecular complexity index is 482. The van der Waals surface area contributed by atoms with Crippen molar-refractivity contribution in [3.05, 3.63) is 35.4 Å². The summed E-state index contributed by atoms with van der Waals surface area (Å²) in [5.74, 6) is 1.17. The smallest absolute Gasteiger partial charge is 0.250 e. The number of aryl methyl sites for hydroxylation is 2. The highest BCUT2D eigenvalue weighted by molar-refractivity contribution is 6.74. The van der Waals surface area contributed by atoms with Crippen molar-refractivity contribution in [3.63, 3.8) is 0 Å². The van der Waals surface area contributed by atoms with E-state index in [-0.39, 0.29) is 5.04 Å². The SMILES string of the molecule is C=Cc1cc(CCC)c(O[Si](C)(C)C(C)(C)C)c(CCC)c1. The number of hydrogen-bond donors (Lipinski definition) is 0. The Morgan fingerprint density at radius 1 is 1.05 bits per heavy atom. The molecule has 1 aromatic carbocycles. The van der Waals surface area contributed by atoms with Crippen molar-refractivity contribution >= 4 is 14.4 Å². The van der Waals surface area contributed by atoms with E-state index < -0.39 is 8.32 Å². The van der Waals surface area contributed by atoms with E-state index in [2.05, 4.69) is 66.4 Å². The molecule has 2 heteroatoms. The van der Waals surface area contributed by atoms with E-state index in [9.17, 15) is 0 Å². The first-order chi connectivity index (χ1) is 10.2. The molecule has 0 amide bonds. The highest BCUT2D eigenvalue weighted by Crippen LogP contribution is 2.40. The minimum absolute atomic E-state index is 0.219. The van der Waals surface area contributed by atoms with Gasteiger partial charge in [0, 0.05) is 0 Å². The van der Waals surface area contributed by atoms with Crippen molar-refractivity contribution in [3.8, 4) is 5.75 Å². The highest BCUT2D eigenvalue weighted by Gasteiger charge is 2.39. The van der Waals surface area contributed by atoms with E-state index >= 15 is 0 Å². The minimum Gasteiger partial charge on any atom is -0.543 e. The third-order valence-electron chi connectivity index (χ3n) is 4.70. The Labute approximate surface area is 138 Å². The molecule has 0 aliphatic heterocycles. The summed E-state index contributed by atoms with van der Waals surface area (Å²) >= 11 is 0. The van der Waals surface area contributed by atoms with Gasteiger partial charge in [0.2, 0.25) is 0 Å². The Morgan fingerprint density at radius 2 is 1.50 bits per heavy atom. The summed E-state index contributed by atoms with van der Waals surface area (Å²) in [6.07, 6.45) is 6.37. The molecule has 0 heterocycles. The minimum atomic E-state index is -1.82. The van der Waals surface area contributed by atoms with Gasteiger partial charge in [-0.05, 0) is 59.8 Å². The average molecular weight is 319 g/mol. The molecular weight excluding hydrogens is 284 g/mol. The molecule has 0 saturated carbocycles. The second-order valence-electron chi connectivity index (χ2n) is 7.73. The fraction of sp³-hybridized carbons (Fsp3) is 0.600. The van der Waals surface area contributed by atoms with Gasteiger partial charge in [0.1, 0.15) is 5.75 Å². The van der Waals surface area contributed by atoms with E-state index in [1.54, 1.807) is 0 Å². The van der Waals surface area contributed by atoms with Crippen LogP contribution in [0.4, 0.5) is 0 Å². The first-order valence-electron chi connectivity index (χ1n) is 8.63. The van der Waals surface area contributed by atoms with Gasteiger partial charge in [0.05, 0.1) is 0 Å². The van der Waals surface area contributed by atoms with E-state index in [1.807, 2.05) is 6.08 Å². The fourth-order valence-electron chi connectivity index (χ4n) is 2.35. The zero-order valence-electron chi connectivity index (χ0n) is 15.7. The molecule has 0 aliphatic carbocycles. The van der Waals surface area contributed by atoms with Crippen LogP contribution in [0.2, 0.25) is 18.1 Å². The van der Waals surface area contributed by atoms with Crippen molar-refractivity contribution in [2.45, 2.75) is 78.4 Å². The molecule has 0 bridgehead atoms. The van der Waals surface area contributed by atoms with Crippen LogP contribution in [0.5, 0.6) is 5.75 Å². The molecule has 0 radical (unpaired) electrons. The number of hydrogen-bond acceptors (Lipinski definition) is 1. The monoisotopic (exact) mass is 318 g/mol. The summed E-state index contributed by atoms with van der Waals surface area (Å²) in [5.41, 5.74) is 3.93. The van der Waals surface area contributed by atoms with Gasteiger partial charge in [-0.2, -0.15) is 0 Å². The molecule has 22 heavy (non-hydrogen) atoms. The average Bonchev–Trinajstić information content (AvgIpc) is 2.41. The van der Waals surface area contributed by atoms with Crippen LogP contribution < -0.4 is 4.43 Å². The normalized spacial score (nSPS) is 12.3. The van der Waals surface area contributed by atoms with Gasteiger partial charge in [-0.15, -0.1) is 0 Å². The van der Waals surface area contributed by atoms with Crippen LogP contribution in [0.15, 0.2) is 18.7 Å². The standard InChI is InChI=1S/C20H34OSi/c1-9-12-17-14-16(11-3)15-18(13-10-2)19(17)21-22(7,8)20(4,5)6/h11,14-15H,3,9-10,12-13H2,1-2,4-8H3. The topological polar surface area (TPSA) is 9.23 Å². The van der Waals surface area contributed by atoms with Crippen LogP contribution in [-0.4, -0.2) is 8.32 Å². The zero-order chi connectivity index (χ0) is 17.0. The van der Waals surface area contributed by atoms with Gasteiger partial charge >= 0.3 is 0 Å². The Morgan fingerprint density at radius 3 is 1.82 bits per heavy atom. The van der Waals surface area contributed by atoms with Gasteiger partial charge < -0.3 is 4.43 Å². The molecule has 1 rings (SSSR count). The van der Waals surface area contributed by atoms with Crippen LogP contribution in [0.25, 0.3) is 6.08 Å². The lowest BCUT2D eigenvalue weighted by atomic mass is 9.98. The van der Waals surface area contributed by atoms with Gasteiger partial charge in [-0.1, -0.05) is 60.1 Å². The first-order valence-corrected chi connectivity index (χ1v) is 11.5. The molecule has 0 aromatic heterocycles. The maximum atomic E-state index is 6.74. The van der Waals surface area contributed by atoms with Gasteiger partial charge in [0.25, 0.3) is 8.32 Å². The summed E-state index contributed by atoms with van der Waals surface area (Å²) in [4.78, 5) is 0. The molecule has 0 saturated heterocycles. The van der Waals surface area contributed by atoms with E-state index in [4.69, 9.17) is 4.43 Å². The third kappa shape index (κ3) is 4.49. The molecule has 124 valence electrons. The molecular formula is C20H34OSi. The maximum Gasteiger partial charge on any atom is 0.250 e. The van der Waals surface area contributed by atoms with Gasteiger partial charge in [-0.25, -0.2) is 0 Å². The molecule has 0 N–H and O–H groups in total. The predicted molar refractivity (Wildman–Crippen MR) is 102 cm³/mol. The zero-order valence-corrected chi connectivity index (χ0v) is 16.7. The van der Waals surface area contributed by atoms with E-state index in [1.165, 1.54) is 22.4 Å². The van der Waals surface area contributed by atoms with Crippen LogP contribution in [0, 0.1) is 0 Å². The molecule has 0 unspecified atom stereocenters. The lowest BCUT2D eigenvalue weighted by molar-refractivity contribution is 0.481. The molecule has 0 aliphatic rings. The molecule has 0 fully saturated rings. The van der Waals surface area contributed by atoms with Crippen LogP contribution in [0.1, 0.15) is 64.2 Å². The van der Waals surface area contributed by atoms with Crippen molar-refractivity contribution < 1.29 is 4.43 Å². The van der Waals surface area contributed by atoms with E-state index in [0.717, 1.165) is 25.7 Å². The van der Waals surface area contributed by atoms with Crippen molar-refractivity contribution in [2.75, 3.05) is 0 Å². The van der Waals surface area contributed by atoms with E-state index in [0.29, 0.717) is 0 Å².